The number of hydrogen-bond acceptors (Lipinski definition) is 18. The quantitative estimate of drug-likeness (QED) is 0.0291. The molecule has 448 valence electrons. The predicted molar refractivity (Wildman–Crippen MR) is 291 cm³/mol. The first-order chi connectivity index (χ1) is 37.3. The summed E-state index contributed by atoms with van der Waals surface area (Å²) in [6.07, 6.45) is 18.1. The maximum absolute atomic E-state index is 13.3. The van der Waals surface area contributed by atoms with E-state index in [1.165, 1.54) is 89.9 Å². The third-order valence-corrected chi connectivity index (χ3v) is 14.6. The highest BCUT2D eigenvalue weighted by atomic mass is 16.8. The van der Waals surface area contributed by atoms with E-state index in [4.69, 9.17) is 28.4 Å². The van der Waals surface area contributed by atoms with Gasteiger partial charge in [-0.3, -0.25) is 4.79 Å². The molecule has 3 heterocycles. The molecule has 3 saturated heterocycles. The molecule has 0 radical (unpaired) electrons. The third kappa shape index (κ3) is 26.0. The molecule has 1 amide bonds. The van der Waals surface area contributed by atoms with Crippen molar-refractivity contribution in [2.24, 2.45) is 0 Å². The van der Waals surface area contributed by atoms with Crippen LogP contribution in [0.4, 0.5) is 0 Å². The van der Waals surface area contributed by atoms with Gasteiger partial charge in [0.2, 0.25) is 5.91 Å². The highest BCUT2D eigenvalue weighted by Crippen LogP contribution is 2.33. The van der Waals surface area contributed by atoms with Gasteiger partial charge in [-0.2, -0.15) is 0 Å². The first kappa shape index (κ1) is 69.0. The summed E-state index contributed by atoms with van der Waals surface area (Å²) >= 11 is 0. The first-order valence-corrected chi connectivity index (χ1v) is 29.4. The summed E-state index contributed by atoms with van der Waals surface area (Å²) in [6, 6.07) is -0.991. The molecule has 19 nitrogen and oxygen atoms in total. The Morgan fingerprint density at radius 3 is 1.40 bits per heavy atom. The van der Waals surface area contributed by atoms with Crippen molar-refractivity contribution in [2.45, 2.75) is 285 Å². The molecule has 0 aliphatic carbocycles. The van der Waals surface area contributed by atoms with Gasteiger partial charge in [-0.15, -0.1) is 0 Å². The number of carbonyl (C=O) groups excluding carboxylic acids is 1. The lowest BCUT2D eigenvalue weighted by Crippen LogP contribution is -2.66. The van der Waals surface area contributed by atoms with Crippen LogP contribution in [0.5, 0.6) is 0 Å². The summed E-state index contributed by atoms with van der Waals surface area (Å²) in [5.41, 5.74) is 0. The molecule has 17 atom stereocenters. The number of carbonyl (C=O) groups is 1. The van der Waals surface area contributed by atoms with Crippen LogP contribution in [0.3, 0.4) is 0 Å². The summed E-state index contributed by atoms with van der Waals surface area (Å²) in [5, 5.41) is 120. The van der Waals surface area contributed by atoms with Crippen LogP contribution in [0.2, 0.25) is 0 Å². The van der Waals surface area contributed by atoms with Gasteiger partial charge in [0.05, 0.1) is 38.6 Å². The van der Waals surface area contributed by atoms with E-state index in [1.807, 2.05) is 6.08 Å². The number of allylic oxidation sites excluding steroid dienone is 7. The lowest BCUT2D eigenvalue weighted by molar-refractivity contribution is -0.379. The molecule has 0 spiro atoms. The second kappa shape index (κ2) is 41.7. The molecule has 19 heteroatoms. The molecule has 0 aromatic rings. The molecule has 3 aliphatic heterocycles. The van der Waals surface area contributed by atoms with E-state index >= 15 is 0 Å². The minimum Gasteiger partial charge on any atom is -0.394 e. The zero-order valence-corrected chi connectivity index (χ0v) is 46.4. The fourth-order valence-electron chi connectivity index (χ4n) is 9.71. The third-order valence-electron chi connectivity index (χ3n) is 14.6. The van der Waals surface area contributed by atoms with Crippen molar-refractivity contribution in [3.63, 3.8) is 0 Å². The average molecular weight is 1100 g/mol. The molecule has 0 saturated carbocycles. The van der Waals surface area contributed by atoms with E-state index in [1.54, 1.807) is 6.08 Å². The van der Waals surface area contributed by atoms with Crippen LogP contribution in [0, 0.1) is 0 Å². The van der Waals surface area contributed by atoms with Crippen molar-refractivity contribution in [2.75, 3.05) is 26.4 Å². The van der Waals surface area contributed by atoms with E-state index in [2.05, 4.69) is 55.6 Å². The zero-order chi connectivity index (χ0) is 56.2. The Bertz CT molecular complexity index is 1600. The molecular formula is C58H103NO18. The molecule has 3 fully saturated rings. The van der Waals surface area contributed by atoms with Gasteiger partial charge in [0.15, 0.2) is 18.9 Å². The zero-order valence-electron chi connectivity index (χ0n) is 46.4. The number of ether oxygens (including phenoxy) is 6. The van der Waals surface area contributed by atoms with Crippen LogP contribution in [-0.4, -0.2) is 193 Å². The molecule has 77 heavy (non-hydrogen) atoms. The summed E-state index contributed by atoms with van der Waals surface area (Å²) < 4.78 is 34.2. The van der Waals surface area contributed by atoms with Gasteiger partial charge in [-0.25, -0.2) is 0 Å². The van der Waals surface area contributed by atoms with Crippen molar-refractivity contribution < 1.29 is 89.4 Å². The molecular weight excluding hydrogens is 999 g/mol. The lowest BCUT2D eigenvalue weighted by Gasteiger charge is -2.48. The van der Waals surface area contributed by atoms with Crippen LogP contribution in [-0.2, 0) is 33.2 Å². The van der Waals surface area contributed by atoms with E-state index in [-0.39, 0.29) is 18.9 Å². The van der Waals surface area contributed by atoms with Crippen molar-refractivity contribution in [3.05, 3.63) is 48.6 Å². The van der Waals surface area contributed by atoms with Crippen LogP contribution < -0.4 is 5.32 Å². The summed E-state index contributed by atoms with van der Waals surface area (Å²) in [4.78, 5) is 13.3. The van der Waals surface area contributed by atoms with E-state index in [0.717, 1.165) is 57.8 Å². The molecule has 3 aliphatic rings. The fourth-order valence-corrected chi connectivity index (χ4v) is 9.71. The summed E-state index contributed by atoms with van der Waals surface area (Å²) in [7, 11) is 0. The SMILES string of the molecule is CCCCC/C=C\C/C=C\CCCCCCCCCCCC(=O)NC(COC1OC(CO)C(OC2OC(CO)C(OC3OC(CO)C(O)C(O)C3O)C(O)C2O)C(O)C1O)C(O)/C=C/CC/C=C/CCCCCCCCC. The molecule has 3 rings (SSSR count). The van der Waals surface area contributed by atoms with Gasteiger partial charge >= 0.3 is 0 Å². The van der Waals surface area contributed by atoms with Crippen LogP contribution in [0.15, 0.2) is 48.6 Å². The van der Waals surface area contributed by atoms with E-state index in [9.17, 15) is 61.0 Å². The minimum atomic E-state index is -1.98. The standard InChI is InChI=1S/C58H103NO18/c1-3-5-7-9-11-13-15-17-18-19-20-21-22-24-26-28-30-32-34-36-46(64)59-41(42(63)35-33-31-29-27-25-23-16-14-12-10-8-6-4-2)40-72-56-52(70)49(67)54(44(38-61)74-56)77-58-53(71)50(68)55(45(39-62)75-58)76-57-51(69)48(66)47(65)43(37-60)73-57/h11,13,17-18,25,27,33,35,41-45,47-58,60-63,65-71H,3-10,12,14-16,19-24,26,28-32,34,36-40H2,1-2H3,(H,59,64)/b13-11-,18-17-,27-25+,35-33+. The first-order valence-electron chi connectivity index (χ1n) is 29.4. The second-order valence-electron chi connectivity index (χ2n) is 21.1. The number of nitrogens with one attached hydrogen (secondary N) is 1. The molecule has 0 bridgehead atoms. The maximum Gasteiger partial charge on any atom is 0.220 e. The van der Waals surface area contributed by atoms with E-state index < -0.39 is 124 Å². The Labute approximate surface area is 459 Å². The Balaban J connectivity index is 1.51. The second-order valence-corrected chi connectivity index (χ2v) is 21.1. The van der Waals surface area contributed by atoms with Crippen molar-refractivity contribution in [3.8, 4) is 0 Å². The van der Waals surface area contributed by atoms with Gasteiger partial charge < -0.3 is 89.9 Å². The van der Waals surface area contributed by atoms with Gasteiger partial charge in [-0.05, 0) is 64.2 Å². The van der Waals surface area contributed by atoms with Gasteiger partial charge in [-0.1, -0.05) is 159 Å². The van der Waals surface area contributed by atoms with Gasteiger partial charge in [0.25, 0.3) is 0 Å². The summed E-state index contributed by atoms with van der Waals surface area (Å²) in [5.74, 6) is -0.293. The monoisotopic (exact) mass is 1100 g/mol. The Morgan fingerprint density at radius 2 is 0.870 bits per heavy atom. The van der Waals surface area contributed by atoms with Crippen LogP contribution in [0.25, 0.3) is 0 Å². The van der Waals surface area contributed by atoms with Crippen LogP contribution >= 0.6 is 0 Å². The average Bonchev–Trinajstić information content (AvgIpc) is 3.42. The smallest absolute Gasteiger partial charge is 0.220 e. The van der Waals surface area contributed by atoms with Gasteiger partial charge in [0, 0.05) is 6.42 Å². The van der Waals surface area contributed by atoms with E-state index in [0.29, 0.717) is 12.8 Å². The topological polar surface area (TPSA) is 307 Å². The number of hydrogen-bond donors (Lipinski definition) is 12. The molecule has 0 aromatic heterocycles. The summed E-state index contributed by atoms with van der Waals surface area (Å²) in [6.45, 7) is 1.64. The Hall–Kier alpha value is -2.25. The number of unbranched alkanes of at least 4 members (excludes halogenated alkanes) is 20. The fraction of sp³-hybridized carbons (Fsp3) is 0.845. The van der Waals surface area contributed by atoms with Crippen molar-refractivity contribution >= 4 is 5.91 Å². The van der Waals surface area contributed by atoms with Crippen molar-refractivity contribution in [1.29, 1.82) is 0 Å². The molecule has 0 aromatic carbocycles. The maximum atomic E-state index is 13.3. The number of amides is 1. The molecule has 17 unspecified atom stereocenters. The highest BCUT2D eigenvalue weighted by Gasteiger charge is 2.53. The van der Waals surface area contributed by atoms with Gasteiger partial charge in [0.1, 0.15) is 73.2 Å². The number of aliphatic hydroxyl groups excluding tert-OH is 11. The number of rotatable bonds is 42. The van der Waals surface area contributed by atoms with Crippen LogP contribution in [0.1, 0.15) is 181 Å². The lowest BCUT2D eigenvalue weighted by atomic mass is 9.96. The normalized spacial score (nSPS) is 31.1. The Kier molecular flexibility index (Phi) is 37.4. The number of aliphatic hydroxyl groups is 11. The largest absolute Gasteiger partial charge is 0.394 e. The Morgan fingerprint density at radius 1 is 0.468 bits per heavy atom. The van der Waals surface area contributed by atoms with Crippen molar-refractivity contribution in [1.82, 2.24) is 5.32 Å². The highest BCUT2D eigenvalue weighted by molar-refractivity contribution is 5.76. The minimum absolute atomic E-state index is 0.229. The molecule has 12 N–H and O–H groups in total. The predicted octanol–water partition coefficient (Wildman–Crippen LogP) is 4.70.